The molecule has 0 aliphatic rings. The molecule has 0 spiro atoms. The molecular weight excluding hydrogens is 226 g/mol. The average molecular weight is 236 g/mol. The van der Waals surface area contributed by atoms with E-state index in [9.17, 15) is 0 Å². The predicted octanol–water partition coefficient (Wildman–Crippen LogP) is 3.73. The van der Waals surface area contributed by atoms with Crippen molar-refractivity contribution in [2.45, 2.75) is 13.3 Å². The van der Waals surface area contributed by atoms with E-state index in [1.807, 2.05) is 37.3 Å². The van der Waals surface area contributed by atoms with Gasteiger partial charge in [-0.2, -0.15) is 5.26 Å². The number of allylic oxidation sites excluding steroid dienone is 1. The van der Waals surface area contributed by atoms with Gasteiger partial charge in [-0.05, 0) is 27.9 Å². The molecule has 0 aliphatic carbocycles. The Balaban J connectivity index is 3.11. The fourth-order valence-corrected chi connectivity index (χ4v) is 1.68. The number of nitrogens with zero attached hydrogens (tertiary/aromatic N) is 1. The van der Waals surface area contributed by atoms with Gasteiger partial charge in [0, 0.05) is 10.1 Å². The molecule has 0 radical (unpaired) electrons. The van der Waals surface area contributed by atoms with Crippen LogP contribution in [0.1, 0.15) is 18.9 Å². The zero-order valence-corrected chi connectivity index (χ0v) is 9.01. The van der Waals surface area contributed by atoms with Crippen molar-refractivity contribution in [2.75, 3.05) is 0 Å². The number of benzene rings is 1. The molecule has 1 rings (SSSR count). The smallest absolute Gasteiger partial charge is 0.0959 e. The van der Waals surface area contributed by atoms with Gasteiger partial charge in [-0.3, -0.25) is 0 Å². The zero-order valence-electron chi connectivity index (χ0n) is 7.42. The number of rotatable bonds is 2. The van der Waals surface area contributed by atoms with E-state index in [1.165, 1.54) is 0 Å². The van der Waals surface area contributed by atoms with E-state index in [2.05, 4.69) is 22.0 Å². The van der Waals surface area contributed by atoms with Crippen LogP contribution in [0.15, 0.2) is 35.9 Å². The van der Waals surface area contributed by atoms with Gasteiger partial charge in [-0.15, -0.1) is 0 Å². The summed E-state index contributed by atoms with van der Waals surface area (Å²) in [6.45, 7) is 1.97. The van der Waals surface area contributed by atoms with Crippen molar-refractivity contribution < 1.29 is 0 Å². The summed E-state index contributed by atoms with van der Waals surface area (Å²) in [5.74, 6) is 0. The summed E-state index contributed by atoms with van der Waals surface area (Å²) in [7, 11) is 0. The molecule has 13 heavy (non-hydrogen) atoms. The van der Waals surface area contributed by atoms with Crippen LogP contribution in [-0.4, -0.2) is 0 Å². The lowest BCUT2D eigenvalue weighted by Crippen LogP contribution is -1.82. The van der Waals surface area contributed by atoms with Gasteiger partial charge in [0.25, 0.3) is 0 Å². The monoisotopic (exact) mass is 235 g/mol. The van der Waals surface area contributed by atoms with E-state index in [4.69, 9.17) is 5.26 Å². The maximum absolute atomic E-state index is 8.82. The van der Waals surface area contributed by atoms with Crippen LogP contribution in [0.5, 0.6) is 0 Å². The fraction of sp³-hybridized carbons (Fsp3) is 0.182. The van der Waals surface area contributed by atoms with Crippen LogP contribution >= 0.6 is 15.9 Å². The van der Waals surface area contributed by atoms with Crippen LogP contribution in [0.4, 0.5) is 0 Å². The van der Waals surface area contributed by atoms with Gasteiger partial charge in [-0.1, -0.05) is 37.3 Å². The van der Waals surface area contributed by atoms with E-state index in [-0.39, 0.29) is 0 Å². The van der Waals surface area contributed by atoms with Crippen LogP contribution < -0.4 is 0 Å². The van der Waals surface area contributed by atoms with Gasteiger partial charge < -0.3 is 0 Å². The van der Waals surface area contributed by atoms with Gasteiger partial charge in [0.1, 0.15) is 0 Å². The minimum Gasteiger partial charge on any atom is -0.193 e. The highest BCUT2D eigenvalue weighted by molar-refractivity contribution is 9.15. The largest absolute Gasteiger partial charge is 0.193 e. The molecule has 0 fully saturated rings. The van der Waals surface area contributed by atoms with Crippen LogP contribution in [0.3, 0.4) is 0 Å². The molecule has 0 saturated carbocycles. The summed E-state index contributed by atoms with van der Waals surface area (Å²) in [4.78, 5) is 0. The average Bonchev–Trinajstić information content (AvgIpc) is 2.21. The fourth-order valence-electron chi connectivity index (χ4n) is 1.04. The Bertz CT molecular complexity index is 346. The Labute approximate surface area is 86.8 Å². The van der Waals surface area contributed by atoms with Gasteiger partial charge >= 0.3 is 0 Å². The third kappa shape index (κ3) is 2.43. The maximum Gasteiger partial charge on any atom is 0.0959 e. The van der Waals surface area contributed by atoms with Crippen molar-refractivity contribution in [3.8, 4) is 6.07 Å². The van der Waals surface area contributed by atoms with Gasteiger partial charge in [0.2, 0.25) is 0 Å². The van der Waals surface area contributed by atoms with Crippen molar-refractivity contribution in [2.24, 2.45) is 0 Å². The van der Waals surface area contributed by atoms with Crippen molar-refractivity contribution in [3.05, 3.63) is 41.5 Å². The minimum atomic E-state index is 0.756. The predicted molar refractivity (Wildman–Crippen MR) is 58.2 cm³/mol. The van der Waals surface area contributed by atoms with Gasteiger partial charge in [0.15, 0.2) is 0 Å². The number of hydrogen-bond donors (Lipinski definition) is 0. The zero-order chi connectivity index (χ0) is 9.68. The topological polar surface area (TPSA) is 23.8 Å². The Hall–Kier alpha value is -1.07. The van der Waals surface area contributed by atoms with Gasteiger partial charge in [0.05, 0.1) is 6.07 Å². The first-order chi connectivity index (χ1) is 6.29. The first kappa shape index (κ1) is 10.0. The number of halogens is 1. The van der Waals surface area contributed by atoms with E-state index in [0.717, 1.165) is 22.0 Å². The normalized spacial score (nSPS) is 11.8. The van der Waals surface area contributed by atoms with E-state index < -0.39 is 0 Å². The highest BCUT2D eigenvalue weighted by Gasteiger charge is 2.02. The number of hydrogen-bond acceptors (Lipinski definition) is 1. The second-order valence-corrected chi connectivity index (χ2v) is 3.42. The Morgan fingerprint density at radius 2 is 2.00 bits per heavy atom. The quantitative estimate of drug-likeness (QED) is 0.717. The molecule has 0 aromatic heterocycles. The minimum absolute atomic E-state index is 0.756. The first-order valence-corrected chi connectivity index (χ1v) is 4.93. The molecule has 0 aliphatic heterocycles. The lowest BCUT2D eigenvalue weighted by molar-refractivity contribution is 1.16. The van der Waals surface area contributed by atoms with Crippen LogP contribution in [-0.2, 0) is 0 Å². The Morgan fingerprint density at radius 3 is 2.46 bits per heavy atom. The van der Waals surface area contributed by atoms with Gasteiger partial charge in [-0.25, -0.2) is 0 Å². The van der Waals surface area contributed by atoms with Crippen LogP contribution in [0.2, 0.25) is 0 Å². The van der Waals surface area contributed by atoms with Crippen LogP contribution in [0, 0.1) is 11.3 Å². The molecule has 2 heteroatoms. The highest BCUT2D eigenvalue weighted by atomic mass is 79.9. The molecule has 0 unspecified atom stereocenters. The maximum atomic E-state index is 8.82. The van der Waals surface area contributed by atoms with E-state index in [0.29, 0.717) is 0 Å². The van der Waals surface area contributed by atoms with Crippen molar-refractivity contribution in [1.29, 1.82) is 5.26 Å². The second kappa shape index (κ2) is 4.84. The Kier molecular flexibility index (Phi) is 3.72. The molecule has 0 atom stereocenters. The van der Waals surface area contributed by atoms with Crippen molar-refractivity contribution in [1.82, 2.24) is 0 Å². The molecule has 0 heterocycles. The highest BCUT2D eigenvalue weighted by Crippen LogP contribution is 2.25. The first-order valence-electron chi connectivity index (χ1n) is 4.13. The summed E-state index contributed by atoms with van der Waals surface area (Å²) in [5, 5.41) is 8.82. The van der Waals surface area contributed by atoms with E-state index in [1.54, 1.807) is 0 Å². The molecule has 0 N–H and O–H groups in total. The molecule has 1 aromatic carbocycles. The summed E-state index contributed by atoms with van der Waals surface area (Å²) in [6, 6.07) is 12.0. The third-order valence-corrected chi connectivity index (χ3v) is 2.72. The van der Waals surface area contributed by atoms with Crippen LogP contribution in [0.25, 0.3) is 4.48 Å². The summed E-state index contributed by atoms with van der Waals surface area (Å²) >= 11 is 3.43. The summed E-state index contributed by atoms with van der Waals surface area (Å²) in [5.41, 5.74) is 1.84. The lowest BCUT2D eigenvalue weighted by Gasteiger charge is -2.00. The Morgan fingerprint density at radius 1 is 1.38 bits per heavy atom. The molecule has 0 bridgehead atoms. The lowest BCUT2D eigenvalue weighted by atomic mass is 10.1. The molecule has 66 valence electrons. The third-order valence-electron chi connectivity index (χ3n) is 1.78. The summed E-state index contributed by atoms with van der Waals surface area (Å²) < 4.78 is 0.901. The standard InChI is InChI=1S/C11H10BrN/c1-2-9(8-13)11(12)10-6-4-3-5-7-10/h3-7H,2H2,1H3/b11-9+. The molecule has 0 saturated heterocycles. The second-order valence-electron chi connectivity index (χ2n) is 2.62. The molecular formula is C11H10BrN. The molecule has 1 aromatic rings. The van der Waals surface area contributed by atoms with Crippen molar-refractivity contribution >= 4 is 20.4 Å². The number of nitriles is 1. The van der Waals surface area contributed by atoms with E-state index >= 15 is 0 Å². The van der Waals surface area contributed by atoms with Crippen molar-refractivity contribution in [3.63, 3.8) is 0 Å². The SMILES string of the molecule is CC/C(C#N)=C(\Br)c1ccccc1. The molecule has 0 amide bonds. The summed E-state index contributed by atoms with van der Waals surface area (Å²) in [6.07, 6.45) is 0.756. The molecule has 1 nitrogen and oxygen atoms in total.